The van der Waals surface area contributed by atoms with Gasteiger partial charge in [-0.15, -0.1) is 0 Å². The third-order valence-electron chi connectivity index (χ3n) is 2.70. The molecule has 2 aromatic rings. The van der Waals surface area contributed by atoms with Gasteiger partial charge in [0.25, 0.3) is 5.91 Å². The molecule has 100 valence electrons. The number of carbonyl (C=O) groups is 1. The van der Waals surface area contributed by atoms with Crippen molar-refractivity contribution in [1.82, 2.24) is 9.78 Å². The van der Waals surface area contributed by atoms with Crippen molar-refractivity contribution in [2.45, 2.75) is 6.92 Å². The number of aromatic nitrogens is 2. The maximum absolute atomic E-state index is 12.0. The molecule has 0 radical (unpaired) electrons. The van der Waals surface area contributed by atoms with E-state index in [2.05, 4.69) is 10.4 Å². The Balaban J connectivity index is 2.28. The Bertz CT molecular complexity index is 622. The van der Waals surface area contributed by atoms with E-state index in [9.17, 15) is 4.79 Å². The van der Waals surface area contributed by atoms with Crippen LogP contribution in [0.2, 0.25) is 5.02 Å². The average molecular weight is 280 g/mol. The van der Waals surface area contributed by atoms with Crippen molar-refractivity contribution < 1.29 is 9.53 Å². The highest BCUT2D eigenvalue weighted by molar-refractivity contribution is 6.31. The van der Waals surface area contributed by atoms with Gasteiger partial charge in [-0.1, -0.05) is 11.6 Å². The van der Waals surface area contributed by atoms with Gasteiger partial charge in [-0.2, -0.15) is 5.10 Å². The molecule has 0 atom stereocenters. The number of halogens is 1. The Hall–Kier alpha value is -2.01. The molecule has 0 aliphatic rings. The second-order valence-corrected chi connectivity index (χ2v) is 4.57. The van der Waals surface area contributed by atoms with Gasteiger partial charge in [0.05, 0.1) is 24.6 Å². The topological polar surface area (TPSA) is 56.1 Å². The lowest BCUT2D eigenvalue weighted by Crippen LogP contribution is -2.12. The normalized spacial score (nSPS) is 10.3. The van der Waals surface area contributed by atoms with Gasteiger partial charge in [-0.05, 0) is 18.6 Å². The Morgan fingerprint density at radius 2 is 2.21 bits per heavy atom. The molecular weight excluding hydrogens is 266 g/mol. The third-order valence-corrected chi connectivity index (χ3v) is 3.10. The van der Waals surface area contributed by atoms with Crippen LogP contribution in [0, 0.1) is 6.92 Å². The van der Waals surface area contributed by atoms with Crippen LogP contribution in [0.3, 0.4) is 0 Å². The number of benzene rings is 1. The van der Waals surface area contributed by atoms with Gasteiger partial charge in [0.15, 0.2) is 0 Å². The van der Waals surface area contributed by atoms with Crippen molar-refractivity contribution in [3.05, 3.63) is 40.7 Å². The summed E-state index contributed by atoms with van der Waals surface area (Å²) in [5.41, 5.74) is 1.93. The lowest BCUT2D eigenvalue weighted by atomic mass is 10.2. The van der Waals surface area contributed by atoms with E-state index in [1.807, 2.05) is 6.92 Å². The first-order valence-electron chi connectivity index (χ1n) is 5.65. The van der Waals surface area contributed by atoms with Gasteiger partial charge in [0.2, 0.25) is 0 Å². The smallest absolute Gasteiger partial charge is 0.258 e. The van der Waals surface area contributed by atoms with Crippen LogP contribution >= 0.6 is 11.6 Å². The zero-order chi connectivity index (χ0) is 14.0. The van der Waals surface area contributed by atoms with Gasteiger partial charge in [0, 0.05) is 24.3 Å². The number of anilines is 1. The number of hydrogen-bond acceptors (Lipinski definition) is 3. The zero-order valence-electron chi connectivity index (χ0n) is 10.9. The highest BCUT2D eigenvalue weighted by Crippen LogP contribution is 2.31. The summed E-state index contributed by atoms with van der Waals surface area (Å²) in [4.78, 5) is 12.0. The minimum atomic E-state index is -0.242. The van der Waals surface area contributed by atoms with Crippen molar-refractivity contribution >= 4 is 23.2 Å². The standard InChI is InChI=1S/C13H14ClN3O2/c1-8-4-11(12(19-3)5-10(8)14)16-13(18)9-6-15-17(2)7-9/h4-7H,1-3H3,(H,16,18). The van der Waals surface area contributed by atoms with Gasteiger partial charge < -0.3 is 10.1 Å². The predicted molar refractivity (Wildman–Crippen MR) is 73.9 cm³/mol. The molecule has 2 rings (SSSR count). The number of aryl methyl sites for hydroxylation is 2. The molecule has 0 saturated heterocycles. The monoisotopic (exact) mass is 279 g/mol. The number of ether oxygens (including phenoxy) is 1. The summed E-state index contributed by atoms with van der Waals surface area (Å²) in [6.07, 6.45) is 3.15. The van der Waals surface area contributed by atoms with E-state index < -0.39 is 0 Å². The van der Waals surface area contributed by atoms with Crippen molar-refractivity contribution in [2.24, 2.45) is 7.05 Å². The van der Waals surface area contributed by atoms with E-state index in [1.165, 1.54) is 13.3 Å². The van der Waals surface area contributed by atoms with Crippen molar-refractivity contribution in [3.63, 3.8) is 0 Å². The van der Waals surface area contributed by atoms with Gasteiger partial charge >= 0.3 is 0 Å². The lowest BCUT2D eigenvalue weighted by Gasteiger charge is -2.11. The van der Waals surface area contributed by atoms with Crippen molar-refractivity contribution in [3.8, 4) is 5.75 Å². The van der Waals surface area contributed by atoms with E-state index in [-0.39, 0.29) is 5.91 Å². The van der Waals surface area contributed by atoms with E-state index >= 15 is 0 Å². The molecule has 1 aromatic carbocycles. The first kappa shape index (κ1) is 13.4. The fourth-order valence-corrected chi connectivity index (χ4v) is 1.82. The van der Waals surface area contributed by atoms with E-state index in [1.54, 1.807) is 30.1 Å². The summed E-state index contributed by atoms with van der Waals surface area (Å²) < 4.78 is 6.77. The summed E-state index contributed by atoms with van der Waals surface area (Å²) in [6.45, 7) is 1.86. The van der Waals surface area contributed by atoms with Crippen LogP contribution in [-0.2, 0) is 7.05 Å². The molecule has 1 N–H and O–H groups in total. The first-order chi connectivity index (χ1) is 9.01. The summed E-state index contributed by atoms with van der Waals surface area (Å²) >= 11 is 6.02. The maximum atomic E-state index is 12.0. The molecule has 1 heterocycles. The Morgan fingerprint density at radius 3 is 2.79 bits per heavy atom. The van der Waals surface area contributed by atoms with E-state index in [0.29, 0.717) is 22.0 Å². The molecule has 0 fully saturated rings. The van der Waals surface area contributed by atoms with Gasteiger partial charge in [-0.3, -0.25) is 9.48 Å². The number of nitrogens with zero attached hydrogens (tertiary/aromatic N) is 2. The molecule has 5 nitrogen and oxygen atoms in total. The first-order valence-corrected chi connectivity index (χ1v) is 6.03. The van der Waals surface area contributed by atoms with Crippen LogP contribution in [0.5, 0.6) is 5.75 Å². The number of methoxy groups -OCH3 is 1. The summed E-state index contributed by atoms with van der Waals surface area (Å²) in [6, 6.07) is 3.45. The van der Waals surface area contributed by atoms with Crippen LogP contribution in [0.25, 0.3) is 0 Å². The molecule has 0 aliphatic carbocycles. The third kappa shape index (κ3) is 2.88. The van der Waals surface area contributed by atoms with E-state index in [0.717, 1.165) is 5.56 Å². The SMILES string of the molecule is COc1cc(Cl)c(C)cc1NC(=O)c1cnn(C)c1. The quantitative estimate of drug-likeness (QED) is 0.940. The van der Waals surface area contributed by atoms with E-state index in [4.69, 9.17) is 16.3 Å². The molecule has 0 bridgehead atoms. The second-order valence-electron chi connectivity index (χ2n) is 4.16. The number of amides is 1. The Morgan fingerprint density at radius 1 is 1.47 bits per heavy atom. The average Bonchev–Trinajstić information content (AvgIpc) is 2.80. The minimum absolute atomic E-state index is 0.242. The lowest BCUT2D eigenvalue weighted by molar-refractivity contribution is 0.102. The van der Waals surface area contributed by atoms with Gasteiger partial charge in [-0.25, -0.2) is 0 Å². The number of hydrogen-bond donors (Lipinski definition) is 1. The highest BCUT2D eigenvalue weighted by Gasteiger charge is 2.12. The Labute approximate surface area is 116 Å². The highest BCUT2D eigenvalue weighted by atomic mass is 35.5. The molecule has 0 aliphatic heterocycles. The molecule has 0 unspecified atom stereocenters. The number of rotatable bonds is 3. The summed E-state index contributed by atoms with van der Waals surface area (Å²) in [7, 11) is 3.28. The Kier molecular flexibility index (Phi) is 3.76. The minimum Gasteiger partial charge on any atom is -0.495 e. The van der Waals surface area contributed by atoms with Crippen molar-refractivity contribution in [2.75, 3.05) is 12.4 Å². The fraction of sp³-hybridized carbons (Fsp3) is 0.231. The van der Waals surface area contributed by atoms with Crippen molar-refractivity contribution in [1.29, 1.82) is 0 Å². The summed E-state index contributed by atoms with van der Waals surface area (Å²) in [5.74, 6) is 0.279. The van der Waals surface area contributed by atoms with Crippen LogP contribution in [0.1, 0.15) is 15.9 Å². The molecule has 6 heteroatoms. The van der Waals surface area contributed by atoms with Crippen LogP contribution in [-0.4, -0.2) is 22.8 Å². The maximum Gasteiger partial charge on any atom is 0.258 e. The van der Waals surface area contributed by atoms with Crippen LogP contribution in [0.4, 0.5) is 5.69 Å². The van der Waals surface area contributed by atoms with Crippen LogP contribution in [0.15, 0.2) is 24.5 Å². The zero-order valence-corrected chi connectivity index (χ0v) is 11.7. The molecule has 1 amide bonds. The molecule has 1 aromatic heterocycles. The largest absolute Gasteiger partial charge is 0.495 e. The predicted octanol–water partition coefficient (Wildman–Crippen LogP) is 2.64. The molecule has 19 heavy (non-hydrogen) atoms. The molecular formula is C13H14ClN3O2. The van der Waals surface area contributed by atoms with Crippen LogP contribution < -0.4 is 10.1 Å². The van der Waals surface area contributed by atoms with Gasteiger partial charge in [0.1, 0.15) is 5.75 Å². The second kappa shape index (κ2) is 5.32. The number of nitrogens with one attached hydrogen (secondary N) is 1. The molecule has 0 spiro atoms. The fourth-order valence-electron chi connectivity index (χ4n) is 1.66. The molecule has 0 saturated carbocycles. The summed E-state index contributed by atoms with van der Waals surface area (Å²) in [5, 5.41) is 7.33. The number of carbonyl (C=O) groups excluding carboxylic acids is 1.